The summed E-state index contributed by atoms with van der Waals surface area (Å²) in [6.07, 6.45) is 0. The number of hydrogen-bond donors (Lipinski definition) is 3. The van der Waals surface area contributed by atoms with Crippen LogP contribution in [0.15, 0.2) is 42.5 Å². The molecule has 3 aromatic rings. The van der Waals surface area contributed by atoms with Crippen LogP contribution in [0.1, 0.15) is 43.0 Å². The lowest BCUT2D eigenvalue weighted by molar-refractivity contribution is -1.02. The van der Waals surface area contributed by atoms with Gasteiger partial charge in [0.2, 0.25) is 5.75 Å². The number of fused-ring (bicyclic) bond motifs is 6. The largest absolute Gasteiger partial charge is 0.746 e. The first kappa shape index (κ1) is 31.8. The van der Waals surface area contributed by atoms with Crippen molar-refractivity contribution in [1.82, 2.24) is 10.2 Å². The Bertz CT molecular complexity index is 1750. The van der Waals surface area contributed by atoms with Crippen molar-refractivity contribution in [3.63, 3.8) is 0 Å². The summed E-state index contributed by atoms with van der Waals surface area (Å²) in [4.78, 5) is 65.0. The molecular formula is C26H24ClN3O12P2. The second-order valence-electron chi connectivity index (χ2n) is 9.99. The SMILES string of the molecule is Cc1cc2c(cc1OP(=O)([O-])O)Oc1cc(O[NH2+]O[P+](=O)[O-])c(Cl)cc1C21OC(=O)c2cc(C(=O)NCCN(C)C)ccc21. The number of halogens is 1. The number of hydrogen-bond acceptors (Lipinski definition) is 12. The van der Waals surface area contributed by atoms with Gasteiger partial charge in [0.25, 0.3) is 5.91 Å². The number of phosphoric acid groups is 1. The molecule has 5 rings (SSSR count). The molecule has 3 aromatic carbocycles. The average Bonchev–Trinajstić information content (AvgIpc) is 3.21. The molecule has 0 aliphatic carbocycles. The summed E-state index contributed by atoms with van der Waals surface area (Å²) in [5.41, 5.74) is 0.178. The van der Waals surface area contributed by atoms with Crippen LogP contribution in [0.2, 0.25) is 5.02 Å². The Morgan fingerprint density at radius 3 is 2.50 bits per heavy atom. The third-order valence-corrected chi connectivity index (χ3v) is 7.76. The number of quaternary nitrogens is 1. The van der Waals surface area contributed by atoms with Gasteiger partial charge in [0.15, 0.2) is 5.60 Å². The Morgan fingerprint density at radius 1 is 1.16 bits per heavy atom. The molecule has 0 radical (unpaired) electrons. The highest BCUT2D eigenvalue weighted by molar-refractivity contribution is 7.45. The summed E-state index contributed by atoms with van der Waals surface area (Å²) < 4.78 is 43.5. The third kappa shape index (κ3) is 6.15. The highest BCUT2D eigenvalue weighted by Crippen LogP contribution is 2.58. The van der Waals surface area contributed by atoms with Crippen LogP contribution in [0.5, 0.6) is 23.0 Å². The fourth-order valence-corrected chi connectivity index (χ4v) is 5.68. The Morgan fingerprint density at radius 2 is 1.84 bits per heavy atom. The zero-order valence-corrected chi connectivity index (χ0v) is 25.7. The van der Waals surface area contributed by atoms with Crippen LogP contribution in [-0.2, 0) is 24.1 Å². The van der Waals surface area contributed by atoms with E-state index in [1.54, 1.807) is 6.07 Å². The molecule has 1 amide bonds. The first-order valence-corrected chi connectivity index (χ1v) is 15.7. The Hall–Kier alpha value is -3.62. The van der Waals surface area contributed by atoms with Gasteiger partial charge in [-0.3, -0.25) is 14.2 Å². The van der Waals surface area contributed by atoms with E-state index in [0.717, 1.165) is 0 Å². The number of benzene rings is 3. The molecule has 0 bridgehead atoms. The first-order valence-electron chi connectivity index (χ1n) is 12.7. The number of carbonyl (C=O) groups is 2. The maximum Gasteiger partial charge on any atom is 0.554 e. The van der Waals surface area contributed by atoms with Gasteiger partial charge in [0.1, 0.15) is 17.2 Å². The fraction of sp³-hybridized carbons (Fsp3) is 0.231. The van der Waals surface area contributed by atoms with E-state index in [1.165, 1.54) is 43.3 Å². The van der Waals surface area contributed by atoms with E-state index in [9.17, 15) is 33.4 Å². The van der Waals surface area contributed by atoms with Crippen molar-refractivity contribution in [3.8, 4) is 23.0 Å². The van der Waals surface area contributed by atoms with Gasteiger partial charge >= 0.3 is 22.0 Å². The molecule has 2 aliphatic rings. The maximum atomic E-state index is 13.5. The second-order valence-corrected chi connectivity index (χ2v) is 12.2. The molecule has 44 heavy (non-hydrogen) atoms. The Balaban J connectivity index is 1.66. The zero-order valence-electron chi connectivity index (χ0n) is 23.2. The molecule has 2 aliphatic heterocycles. The number of ether oxygens (including phenoxy) is 2. The summed E-state index contributed by atoms with van der Waals surface area (Å²) in [7, 11) is -4.74. The highest BCUT2D eigenvalue weighted by Gasteiger charge is 2.54. The van der Waals surface area contributed by atoms with Crippen LogP contribution in [0.25, 0.3) is 0 Å². The number of nitrogens with one attached hydrogen (secondary N) is 1. The van der Waals surface area contributed by atoms with Crippen molar-refractivity contribution in [2.24, 2.45) is 0 Å². The third-order valence-electron chi connectivity index (χ3n) is 6.78. The zero-order chi connectivity index (χ0) is 32.0. The quantitative estimate of drug-likeness (QED) is 0.157. The van der Waals surface area contributed by atoms with E-state index < -0.39 is 33.6 Å². The minimum Gasteiger partial charge on any atom is -0.746 e. The van der Waals surface area contributed by atoms with E-state index in [1.807, 2.05) is 19.0 Å². The number of amides is 1. The van der Waals surface area contributed by atoms with Gasteiger partial charge in [-0.25, -0.2) is 4.79 Å². The van der Waals surface area contributed by atoms with Crippen LogP contribution < -0.4 is 34.8 Å². The van der Waals surface area contributed by atoms with E-state index in [2.05, 4.69) is 9.94 Å². The van der Waals surface area contributed by atoms with Crippen molar-refractivity contribution < 1.29 is 62.5 Å². The molecule has 0 fully saturated rings. The van der Waals surface area contributed by atoms with E-state index in [-0.39, 0.29) is 55.8 Å². The number of carbonyl (C=O) groups excluding carboxylic acids is 2. The molecule has 15 nitrogen and oxygen atoms in total. The first-order chi connectivity index (χ1) is 20.7. The fourth-order valence-electron chi connectivity index (χ4n) is 4.91. The monoisotopic (exact) mass is 667 g/mol. The summed E-state index contributed by atoms with van der Waals surface area (Å²) in [6, 6.07) is 9.84. The predicted molar refractivity (Wildman–Crippen MR) is 147 cm³/mol. The Kier molecular flexibility index (Phi) is 8.71. The number of phosphoric ester groups is 1. The molecule has 4 N–H and O–H groups in total. The molecule has 0 saturated heterocycles. The minimum absolute atomic E-state index is 0.0196. The van der Waals surface area contributed by atoms with Crippen molar-refractivity contribution in [2.45, 2.75) is 12.5 Å². The summed E-state index contributed by atoms with van der Waals surface area (Å²) in [6.45, 7) is 2.48. The predicted octanol–water partition coefficient (Wildman–Crippen LogP) is 1.15. The smallest absolute Gasteiger partial charge is 0.554 e. The molecule has 18 heteroatoms. The lowest BCUT2D eigenvalue weighted by Gasteiger charge is -2.37. The van der Waals surface area contributed by atoms with Crippen LogP contribution in [-0.4, -0.2) is 48.9 Å². The minimum atomic E-state index is -5.21. The summed E-state index contributed by atoms with van der Waals surface area (Å²) >= 11 is 6.48. The topological polar surface area (TPSA) is 213 Å². The van der Waals surface area contributed by atoms with E-state index >= 15 is 0 Å². The molecule has 0 saturated carbocycles. The maximum absolute atomic E-state index is 13.5. The van der Waals surface area contributed by atoms with Gasteiger partial charge in [-0.1, -0.05) is 17.7 Å². The molecule has 3 atom stereocenters. The highest BCUT2D eigenvalue weighted by atomic mass is 35.5. The van der Waals surface area contributed by atoms with Gasteiger partial charge in [-0.15, -0.1) is 0 Å². The summed E-state index contributed by atoms with van der Waals surface area (Å²) in [5.74, 6) is -1.53. The number of likely N-dealkylation sites (N-methyl/N-ethyl adjacent to an activating group) is 1. The lowest BCUT2D eigenvalue weighted by atomic mass is 9.77. The molecule has 232 valence electrons. The number of nitrogens with two attached hydrogens (primary N) is 1. The van der Waals surface area contributed by atoms with Crippen LogP contribution in [0.4, 0.5) is 0 Å². The average molecular weight is 668 g/mol. The van der Waals surface area contributed by atoms with Crippen LogP contribution in [0, 0.1) is 6.92 Å². The molecule has 1 spiro atoms. The molecule has 0 aromatic heterocycles. The van der Waals surface area contributed by atoms with Crippen molar-refractivity contribution >= 4 is 39.6 Å². The lowest BCUT2D eigenvalue weighted by Crippen LogP contribution is -2.84. The number of aryl methyl sites for hydroxylation is 1. The van der Waals surface area contributed by atoms with Gasteiger partial charge in [0, 0.05) is 53.1 Å². The van der Waals surface area contributed by atoms with Gasteiger partial charge < -0.3 is 38.9 Å². The molecule has 2 heterocycles. The van der Waals surface area contributed by atoms with Crippen molar-refractivity contribution in [3.05, 3.63) is 80.9 Å². The number of rotatable bonds is 10. The molecular weight excluding hydrogens is 644 g/mol. The van der Waals surface area contributed by atoms with Crippen molar-refractivity contribution in [1.29, 1.82) is 0 Å². The van der Waals surface area contributed by atoms with Gasteiger partial charge in [-0.2, -0.15) is 0 Å². The second kappa shape index (κ2) is 12.1. The van der Waals surface area contributed by atoms with E-state index in [4.69, 9.17) is 30.4 Å². The summed E-state index contributed by atoms with van der Waals surface area (Å²) in [5, 5.41) is 2.75. The van der Waals surface area contributed by atoms with Gasteiger partial charge in [-0.05, 0) is 55.4 Å². The van der Waals surface area contributed by atoms with Crippen molar-refractivity contribution in [2.75, 3.05) is 27.2 Å². The normalized spacial score (nSPS) is 18.0. The molecule has 3 unspecified atom stereocenters. The van der Waals surface area contributed by atoms with E-state index in [0.29, 0.717) is 24.3 Å². The van der Waals surface area contributed by atoms with Crippen LogP contribution >= 0.6 is 27.7 Å². The van der Waals surface area contributed by atoms with Crippen LogP contribution in [0.3, 0.4) is 0 Å². The van der Waals surface area contributed by atoms with Gasteiger partial charge in [0.05, 0.1) is 15.2 Å². The number of nitrogens with zero attached hydrogens (tertiary/aromatic N) is 1. The number of esters is 1. The Labute approximate surface area is 255 Å². The standard InChI is InChI=1S/C26H24ClN3O12P2/c1-13-8-17-21(11-20(13)41-44(35,36)37)38-22-12-23(40-29-42-43(33)34)19(27)10-18(22)26(17)16-5-4-14(9-15(16)25(32)39-26)24(31)28-6-7-30(2)3/h4-5,8-12H,6-7,29H2,1-3H3,(H2-,28,31,35,36,37).